The van der Waals surface area contributed by atoms with E-state index >= 15 is 0 Å². The fourth-order valence-corrected chi connectivity index (χ4v) is 2.03. The topological polar surface area (TPSA) is 20.2 Å². The van der Waals surface area contributed by atoms with Crippen LogP contribution < -0.4 is 0 Å². The highest BCUT2D eigenvalue weighted by Crippen LogP contribution is 2.34. The van der Waals surface area contributed by atoms with Crippen LogP contribution in [0.4, 0.5) is 13.2 Å². The Morgan fingerprint density at radius 3 is 2.22 bits per heavy atom. The summed E-state index contributed by atoms with van der Waals surface area (Å²) in [6, 6.07) is 4.87. The number of benzene rings is 1. The van der Waals surface area contributed by atoms with Gasteiger partial charge in [0.25, 0.3) is 0 Å². The standard InChI is InChI=1S/C14H19F3O/c1-3-5-10-7-8-12(11(9-10)6-4-2)13(18)14(15,16)17/h7-9,13,18H,3-6H2,1-2H3. The molecule has 1 N–H and O–H groups in total. The van der Waals surface area contributed by atoms with E-state index in [0.29, 0.717) is 12.0 Å². The molecule has 4 heteroatoms. The van der Waals surface area contributed by atoms with Crippen LogP contribution >= 0.6 is 0 Å². The zero-order valence-electron chi connectivity index (χ0n) is 10.7. The lowest BCUT2D eigenvalue weighted by Gasteiger charge is -2.19. The summed E-state index contributed by atoms with van der Waals surface area (Å²) in [6.07, 6.45) is -3.87. The average molecular weight is 260 g/mol. The van der Waals surface area contributed by atoms with Gasteiger partial charge >= 0.3 is 6.18 Å². The Balaban J connectivity index is 3.10. The molecule has 0 fully saturated rings. The number of aliphatic hydroxyl groups excluding tert-OH is 1. The number of rotatable bonds is 5. The second kappa shape index (κ2) is 6.23. The Labute approximate surface area is 106 Å². The number of hydrogen-bond donors (Lipinski definition) is 1. The lowest BCUT2D eigenvalue weighted by Crippen LogP contribution is -2.21. The summed E-state index contributed by atoms with van der Waals surface area (Å²) in [4.78, 5) is 0. The first-order valence-corrected chi connectivity index (χ1v) is 6.26. The molecule has 1 rings (SSSR count). The third-order valence-corrected chi connectivity index (χ3v) is 2.87. The molecule has 0 spiro atoms. The first-order valence-electron chi connectivity index (χ1n) is 6.26. The second-order valence-electron chi connectivity index (χ2n) is 4.48. The smallest absolute Gasteiger partial charge is 0.379 e. The summed E-state index contributed by atoms with van der Waals surface area (Å²) in [6.45, 7) is 3.94. The molecule has 0 heterocycles. The van der Waals surface area contributed by atoms with E-state index in [-0.39, 0.29) is 5.56 Å². The van der Waals surface area contributed by atoms with Crippen molar-refractivity contribution in [2.45, 2.75) is 51.8 Å². The van der Waals surface area contributed by atoms with Gasteiger partial charge in [0.05, 0.1) is 0 Å². The molecule has 0 saturated heterocycles. The summed E-state index contributed by atoms with van der Waals surface area (Å²) < 4.78 is 37.7. The molecular weight excluding hydrogens is 241 g/mol. The van der Waals surface area contributed by atoms with Crippen LogP contribution in [-0.4, -0.2) is 11.3 Å². The van der Waals surface area contributed by atoms with Crippen LogP contribution in [-0.2, 0) is 12.8 Å². The summed E-state index contributed by atoms with van der Waals surface area (Å²) in [5.41, 5.74) is 1.62. The first kappa shape index (κ1) is 15.0. The van der Waals surface area contributed by atoms with Crippen molar-refractivity contribution in [2.75, 3.05) is 0 Å². The van der Waals surface area contributed by atoms with E-state index in [0.717, 1.165) is 24.8 Å². The molecule has 0 aliphatic carbocycles. The van der Waals surface area contributed by atoms with Crippen LogP contribution in [0.25, 0.3) is 0 Å². The zero-order chi connectivity index (χ0) is 13.8. The van der Waals surface area contributed by atoms with Crippen LogP contribution in [0.2, 0.25) is 0 Å². The molecule has 0 bridgehead atoms. The van der Waals surface area contributed by atoms with Gasteiger partial charge in [0, 0.05) is 0 Å². The highest BCUT2D eigenvalue weighted by atomic mass is 19.4. The van der Waals surface area contributed by atoms with Crippen molar-refractivity contribution in [1.29, 1.82) is 0 Å². The largest absolute Gasteiger partial charge is 0.418 e. The molecule has 0 radical (unpaired) electrons. The highest BCUT2D eigenvalue weighted by molar-refractivity contribution is 5.34. The van der Waals surface area contributed by atoms with Gasteiger partial charge in [-0.25, -0.2) is 0 Å². The molecule has 0 aliphatic heterocycles. The number of aryl methyl sites for hydroxylation is 2. The van der Waals surface area contributed by atoms with Crippen LogP contribution in [0.15, 0.2) is 18.2 Å². The van der Waals surface area contributed by atoms with Crippen LogP contribution in [0, 0.1) is 0 Å². The van der Waals surface area contributed by atoms with Crippen molar-refractivity contribution in [3.05, 3.63) is 34.9 Å². The number of halogens is 3. The predicted octanol–water partition coefficient (Wildman–Crippen LogP) is 4.19. The van der Waals surface area contributed by atoms with Crippen LogP contribution in [0.1, 0.15) is 49.5 Å². The van der Waals surface area contributed by atoms with Gasteiger partial charge in [-0.1, -0.05) is 44.9 Å². The fraction of sp³-hybridized carbons (Fsp3) is 0.571. The molecule has 18 heavy (non-hydrogen) atoms. The SMILES string of the molecule is CCCc1ccc(C(O)C(F)(F)F)c(CCC)c1. The van der Waals surface area contributed by atoms with Gasteiger partial charge in [-0.15, -0.1) is 0 Å². The van der Waals surface area contributed by atoms with Gasteiger partial charge < -0.3 is 5.11 Å². The minimum atomic E-state index is -4.60. The van der Waals surface area contributed by atoms with E-state index in [1.54, 1.807) is 12.1 Å². The summed E-state index contributed by atoms with van der Waals surface area (Å²) >= 11 is 0. The van der Waals surface area contributed by atoms with Crippen molar-refractivity contribution >= 4 is 0 Å². The molecule has 0 saturated carbocycles. The van der Waals surface area contributed by atoms with Gasteiger partial charge in [0.15, 0.2) is 6.10 Å². The van der Waals surface area contributed by atoms with Crippen molar-refractivity contribution in [3.63, 3.8) is 0 Å². The zero-order valence-corrected chi connectivity index (χ0v) is 10.7. The highest BCUT2D eigenvalue weighted by Gasteiger charge is 2.40. The molecule has 1 unspecified atom stereocenters. The Kier molecular flexibility index (Phi) is 5.20. The Morgan fingerprint density at radius 1 is 1.11 bits per heavy atom. The lowest BCUT2D eigenvalue weighted by molar-refractivity contribution is -0.207. The molecule has 1 atom stereocenters. The van der Waals surface area contributed by atoms with Crippen LogP contribution in [0.5, 0.6) is 0 Å². The van der Waals surface area contributed by atoms with Crippen molar-refractivity contribution in [3.8, 4) is 0 Å². The Hall–Kier alpha value is -1.03. The lowest BCUT2D eigenvalue weighted by atomic mass is 9.95. The van der Waals surface area contributed by atoms with Gasteiger partial charge in [0.1, 0.15) is 0 Å². The average Bonchev–Trinajstić information content (AvgIpc) is 2.28. The Morgan fingerprint density at radius 2 is 1.72 bits per heavy atom. The van der Waals surface area contributed by atoms with Gasteiger partial charge in [0.2, 0.25) is 0 Å². The number of alkyl halides is 3. The maximum atomic E-state index is 12.6. The van der Waals surface area contributed by atoms with E-state index in [1.807, 2.05) is 13.8 Å². The number of hydrogen-bond acceptors (Lipinski definition) is 1. The summed E-state index contributed by atoms with van der Waals surface area (Å²) in [5.74, 6) is 0. The molecule has 1 aromatic carbocycles. The van der Waals surface area contributed by atoms with Crippen molar-refractivity contribution in [2.24, 2.45) is 0 Å². The maximum Gasteiger partial charge on any atom is 0.418 e. The monoisotopic (exact) mass is 260 g/mol. The predicted molar refractivity (Wildman–Crippen MR) is 65.4 cm³/mol. The van der Waals surface area contributed by atoms with Crippen molar-refractivity contribution < 1.29 is 18.3 Å². The third kappa shape index (κ3) is 3.73. The minimum absolute atomic E-state index is 0.01000. The Bertz CT molecular complexity index is 385. The molecule has 1 nitrogen and oxygen atoms in total. The minimum Gasteiger partial charge on any atom is -0.379 e. The molecule has 0 amide bonds. The van der Waals surface area contributed by atoms with E-state index in [2.05, 4.69) is 0 Å². The van der Waals surface area contributed by atoms with Crippen LogP contribution in [0.3, 0.4) is 0 Å². The van der Waals surface area contributed by atoms with Crippen molar-refractivity contribution in [1.82, 2.24) is 0 Å². The van der Waals surface area contributed by atoms with Gasteiger partial charge in [-0.2, -0.15) is 13.2 Å². The summed E-state index contributed by atoms with van der Waals surface area (Å²) in [5, 5.41) is 9.36. The number of aliphatic hydroxyl groups is 1. The van der Waals surface area contributed by atoms with E-state index in [1.165, 1.54) is 6.07 Å². The van der Waals surface area contributed by atoms with Gasteiger partial charge in [-0.05, 0) is 29.5 Å². The quantitative estimate of drug-likeness (QED) is 0.841. The second-order valence-corrected chi connectivity index (χ2v) is 4.48. The molecule has 0 aromatic heterocycles. The van der Waals surface area contributed by atoms with E-state index in [4.69, 9.17) is 0 Å². The molecule has 0 aliphatic rings. The fourth-order valence-electron chi connectivity index (χ4n) is 2.03. The molecular formula is C14H19F3O. The molecule has 102 valence electrons. The first-order chi connectivity index (χ1) is 8.40. The normalized spacial score (nSPS) is 13.7. The van der Waals surface area contributed by atoms with Gasteiger partial charge in [-0.3, -0.25) is 0 Å². The third-order valence-electron chi connectivity index (χ3n) is 2.87. The summed E-state index contributed by atoms with van der Waals surface area (Å²) in [7, 11) is 0. The molecule has 1 aromatic rings. The van der Waals surface area contributed by atoms with E-state index in [9.17, 15) is 18.3 Å². The van der Waals surface area contributed by atoms with E-state index < -0.39 is 12.3 Å². The maximum absolute atomic E-state index is 12.6.